The normalized spacial score (nSPS) is 12.1. The van der Waals surface area contributed by atoms with Gasteiger partial charge < -0.3 is 5.11 Å². The van der Waals surface area contributed by atoms with Gasteiger partial charge in [0.1, 0.15) is 0 Å². The van der Waals surface area contributed by atoms with Gasteiger partial charge in [-0.05, 0) is 17.7 Å². The molecule has 0 spiro atoms. The van der Waals surface area contributed by atoms with Crippen LogP contribution in [0.15, 0.2) is 29.2 Å². The van der Waals surface area contributed by atoms with Crippen LogP contribution < -0.4 is 0 Å². The van der Waals surface area contributed by atoms with Crippen LogP contribution in [-0.4, -0.2) is 22.6 Å². The van der Waals surface area contributed by atoms with E-state index >= 15 is 0 Å². The molecule has 0 aliphatic heterocycles. The molecular formula is C14H18O3S. The molecule has 0 radical (unpaired) electrons. The standard InChI is InChI=1S/C14H18O3S/c1-3-18-13-7-5-4-6-11(13)12(15)8-10(2)9-14(16)17/h4-7,10H,3,8-9H2,1-2H3,(H,16,17)/t10-/m1/s1. The molecule has 0 unspecified atom stereocenters. The van der Waals surface area contributed by atoms with Gasteiger partial charge in [-0.25, -0.2) is 0 Å². The fourth-order valence-electron chi connectivity index (χ4n) is 1.78. The number of carbonyl (C=O) groups is 2. The van der Waals surface area contributed by atoms with E-state index in [4.69, 9.17) is 5.11 Å². The van der Waals surface area contributed by atoms with Gasteiger partial charge in [0.25, 0.3) is 0 Å². The largest absolute Gasteiger partial charge is 0.481 e. The Bertz CT molecular complexity index is 429. The first-order valence-corrected chi connectivity index (χ1v) is 7.00. The third-order valence-electron chi connectivity index (χ3n) is 2.54. The number of thioether (sulfide) groups is 1. The Morgan fingerprint density at radius 3 is 2.56 bits per heavy atom. The maximum Gasteiger partial charge on any atom is 0.303 e. The average molecular weight is 266 g/mol. The Hall–Kier alpha value is -1.29. The zero-order valence-corrected chi connectivity index (χ0v) is 11.5. The summed E-state index contributed by atoms with van der Waals surface area (Å²) in [6, 6.07) is 7.50. The lowest BCUT2D eigenvalue weighted by molar-refractivity contribution is -0.137. The summed E-state index contributed by atoms with van der Waals surface area (Å²) in [6.45, 7) is 3.83. The first-order valence-electron chi connectivity index (χ1n) is 6.01. The van der Waals surface area contributed by atoms with E-state index in [1.54, 1.807) is 18.7 Å². The molecule has 0 heterocycles. The van der Waals surface area contributed by atoms with Gasteiger partial charge in [0.2, 0.25) is 0 Å². The number of aliphatic carboxylic acids is 1. The van der Waals surface area contributed by atoms with E-state index in [1.165, 1.54) is 0 Å². The van der Waals surface area contributed by atoms with E-state index in [2.05, 4.69) is 0 Å². The van der Waals surface area contributed by atoms with Crippen molar-refractivity contribution < 1.29 is 14.7 Å². The molecule has 1 aromatic rings. The van der Waals surface area contributed by atoms with E-state index in [1.807, 2.05) is 31.2 Å². The number of rotatable bonds is 7. The smallest absolute Gasteiger partial charge is 0.303 e. The van der Waals surface area contributed by atoms with Crippen LogP contribution in [0.2, 0.25) is 0 Å². The van der Waals surface area contributed by atoms with Crippen molar-refractivity contribution in [1.82, 2.24) is 0 Å². The minimum atomic E-state index is -0.855. The first-order chi connectivity index (χ1) is 8.54. The van der Waals surface area contributed by atoms with E-state index in [0.29, 0.717) is 5.56 Å². The predicted octanol–water partition coefficient (Wildman–Crippen LogP) is 3.48. The molecule has 1 rings (SSSR count). The van der Waals surface area contributed by atoms with Crippen molar-refractivity contribution in [3.05, 3.63) is 29.8 Å². The minimum absolute atomic E-state index is 0.0281. The summed E-state index contributed by atoms with van der Waals surface area (Å²) >= 11 is 1.63. The number of carboxylic acid groups (broad SMARTS) is 1. The molecular weight excluding hydrogens is 248 g/mol. The lowest BCUT2D eigenvalue weighted by atomic mass is 9.97. The summed E-state index contributed by atoms with van der Waals surface area (Å²) in [5, 5.41) is 8.69. The van der Waals surface area contributed by atoms with Gasteiger partial charge in [0.15, 0.2) is 5.78 Å². The van der Waals surface area contributed by atoms with Crippen LogP contribution in [0.25, 0.3) is 0 Å². The number of ketones is 1. The van der Waals surface area contributed by atoms with Gasteiger partial charge in [-0.15, -0.1) is 11.8 Å². The van der Waals surface area contributed by atoms with Crippen LogP contribution in [0.3, 0.4) is 0 Å². The Morgan fingerprint density at radius 2 is 1.94 bits per heavy atom. The van der Waals surface area contributed by atoms with Crippen LogP contribution in [0.1, 0.15) is 37.0 Å². The minimum Gasteiger partial charge on any atom is -0.481 e. The first kappa shape index (κ1) is 14.8. The van der Waals surface area contributed by atoms with Gasteiger partial charge in [0, 0.05) is 23.3 Å². The molecule has 0 aromatic heterocycles. The number of hydrogen-bond acceptors (Lipinski definition) is 3. The fourth-order valence-corrected chi connectivity index (χ4v) is 2.60. The molecule has 0 saturated heterocycles. The molecule has 3 nitrogen and oxygen atoms in total. The predicted molar refractivity (Wildman–Crippen MR) is 73.2 cm³/mol. The summed E-state index contributed by atoms with van der Waals surface area (Å²) in [7, 11) is 0. The molecule has 0 aliphatic carbocycles. The lowest BCUT2D eigenvalue weighted by Crippen LogP contribution is -2.11. The third kappa shape index (κ3) is 4.53. The quantitative estimate of drug-likeness (QED) is 0.606. The van der Waals surface area contributed by atoms with Crippen LogP contribution in [0.5, 0.6) is 0 Å². The molecule has 1 aromatic carbocycles. The second-order valence-corrected chi connectivity index (χ2v) is 5.57. The van der Waals surface area contributed by atoms with E-state index in [0.717, 1.165) is 10.6 Å². The Morgan fingerprint density at radius 1 is 1.28 bits per heavy atom. The number of Topliss-reactive ketones (excluding diaryl/α,β-unsaturated/α-hetero) is 1. The van der Waals surface area contributed by atoms with Gasteiger partial charge in [-0.1, -0.05) is 32.0 Å². The van der Waals surface area contributed by atoms with Crippen LogP contribution in [0.4, 0.5) is 0 Å². The van der Waals surface area contributed by atoms with Gasteiger partial charge in [-0.2, -0.15) is 0 Å². The Balaban J connectivity index is 2.74. The van der Waals surface area contributed by atoms with Crippen molar-refractivity contribution in [2.75, 3.05) is 5.75 Å². The van der Waals surface area contributed by atoms with Crippen molar-refractivity contribution in [2.24, 2.45) is 5.92 Å². The number of benzene rings is 1. The summed E-state index contributed by atoms with van der Waals surface area (Å²) in [4.78, 5) is 23.7. The van der Waals surface area contributed by atoms with Crippen LogP contribution in [-0.2, 0) is 4.79 Å². The van der Waals surface area contributed by atoms with Crippen molar-refractivity contribution in [3.8, 4) is 0 Å². The van der Waals surface area contributed by atoms with E-state index < -0.39 is 5.97 Å². The van der Waals surface area contributed by atoms with E-state index in [-0.39, 0.29) is 24.5 Å². The number of hydrogen-bond donors (Lipinski definition) is 1. The van der Waals surface area contributed by atoms with E-state index in [9.17, 15) is 9.59 Å². The highest BCUT2D eigenvalue weighted by Crippen LogP contribution is 2.24. The highest BCUT2D eigenvalue weighted by atomic mass is 32.2. The molecule has 1 N–H and O–H groups in total. The van der Waals surface area contributed by atoms with Gasteiger partial charge >= 0.3 is 5.97 Å². The lowest BCUT2D eigenvalue weighted by Gasteiger charge is -2.10. The summed E-state index contributed by atoms with van der Waals surface area (Å²) < 4.78 is 0. The van der Waals surface area contributed by atoms with Crippen molar-refractivity contribution in [2.45, 2.75) is 31.6 Å². The molecule has 0 amide bonds. The average Bonchev–Trinajstić information content (AvgIpc) is 2.28. The molecule has 0 bridgehead atoms. The molecule has 1 atom stereocenters. The van der Waals surface area contributed by atoms with Gasteiger partial charge in [-0.3, -0.25) is 9.59 Å². The maximum absolute atomic E-state index is 12.1. The monoisotopic (exact) mass is 266 g/mol. The third-order valence-corrected chi connectivity index (χ3v) is 3.50. The summed E-state index contributed by atoms with van der Waals surface area (Å²) in [5.41, 5.74) is 0.710. The van der Waals surface area contributed by atoms with Crippen molar-refractivity contribution in [3.63, 3.8) is 0 Å². The van der Waals surface area contributed by atoms with Crippen LogP contribution in [0, 0.1) is 5.92 Å². The zero-order chi connectivity index (χ0) is 13.5. The second kappa shape index (κ2) is 7.21. The fraction of sp³-hybridized carbons (Fsp3) is 0.429. The molecule has 4 heteroatoms. The Labute approximate surface area is 112 Å². The van der Waals surface area contributed by atoms with Gasteiger partial charge in [0.05, 0.1) is 0 Å². The molecule has 18 heavy (non-hydrogen) atoms. The number of carbonyl (C=O) groups excluding carboxylic acids is 1. The number of carboxylic acids is 1. The highest BCUT2D eigenvalue weighted by Gasteiger charge is 2.16. The molecule has 98 valence electrons. The summed E-state index contributed by atoms with van der Waals surface area (Å²) in [6.07, 6.45) is 0.322. The molecule has 0 fully saturated rings. The zero-order valence-electron chi connectivity index (χ0n) is 10.7. The summed E-state index contributed by atoms with van der Waals surface area (Å²) in [5.74, 6) is -0.0453. The highest BCUT2D eigenvalue weighted by molar-refractivity contribution is 7.99. The topological polar surface area (TPSA) is 54.4 Å². The van der Waals surface area contributed by atoms with Crippen LogP contribution >= 0.6 is 11.8 Å². The Kier molecular flexibility index (Phi) is 5.92. The molecule has 0 aliphatic rings. The maximum atomic E-state index is 12.1. The SMILES string of the molecule is CCSc1ccccc1C(=O)C[C@@H](C)CC(=O)O. The second-order valence-electron chi connectivity index (χ2n) is 4.26. The molecule has 0 saturated carbocycles. The van der Waals surface area contributed by atoms with Crippen molar-refractivity contribution >= 4 is 23.5 Å². The van der Waals surface area contributed by atoms with Crippen molar-refractivity contribution in [1.29, 1.82) is 0 Å².